The third kappa shape index (κ3) is 3.20. The molecular weight excluding hydrogens is 257 g/mol. The van der Waals surface area contributed by atoms with E-state index in [1.165, 1.54) is 12.1 Å². The first-order chi connectivity index (χ1) is 9.47. The fourth-order valence-corrected chi connectivity index (χ4v) is 1.77. The third-order valence-electron chi connectivity index (χ3n) is 2.74. The highest BCUT2D eigenvalue weighted by atomic mass is 19.1. The van der Waals surface area contributed by atoms with Crippen molar-refractivity contribution in [1.82, 2.24) is 0 Å². The number of para-hydroxylation sites is 1. The van der Waals surface area contributed by atoms with Crippen LogP contribution in [-0.2, 0) is 0 Å². The van der Waals surface area contributed by atoms with Crippen LogP contribution in [0.15, 0.2) is 36.4 Å². The zero-order chi connectivity index (χ0) is 14.7. The molecule has 0 aliphatic heterocycles. The number of rotatable bonds is 4. The monoisotopic (exact) mass is 275 g/mol. The summed E-state index contributed by atoms with van der Waals surface area (Å²) in [4.78, 5) is 0. The summed E-state index contributed by atoms with van der Waals surface area (Å²) in [6, 6.07) is 10.3. The molecule has 2 aromatic carbocycles. The average molecular weight is 275 g/mol. The molecule has 2 aromatic rings. The van der Waals surface area contributed by atoms with E-state index in [9.17, 15) is 4.39 Å². The average Bonchev–Trinajstić information content (AvgIpc) is 2.37. The summed E-state index contributed by atoms with van der Waals surface area (Å²) in [5, 5.41) is 0. The molecule has 0 fully saturated rings. The van der Waals surface area contributed by atoms with Crippen molar-refractivity contribution in [2.45, 2.75) is 26.9 Å². The van der Waals surface area contributed by atoms with E-state index >= 15 is 0 Å². The van der Waals surface area contributed by atoms with Gasteiger partial charge in [0.25, 0.3) is 0 Å². The number of hydrogen-bond donors (Lipinski definition) is 1. The van der Waals surface area contributed by atoms with Crippen LogP contribution in [0, 0.1) is 12.7 Å². The van der Waals surface area contributed by atoms with Crippen molar-refractivity contribution >= 4 is 5.69 Å². The smallest absolute Gasteiger partial charge is 0.167 e. The van der Waals surface area contributed by atoms with E-state index in [-0.39, 0.29) is 17.5 Å². The van der Waals surface area contributed by atoms with Crippen molar-refractivity contribution in [2.75, 3.05) is 5.73 Å². The molecule has 0 aliphatic carbocycles. The summed E-state index contributed by atoms with van der Waals surface area (Å²) in [6.45, 7) is 5.59. The molecule has 0 saturated carbocycles. The fourth-order valence-electron chi connectivity index (χ4n) is 1.77. The standard InChI is InChI=1S/C16H18FNO2/c1-10(2)19-15-9-16(13(18)8-12(15)17)20-14-7-5-4-6-11(14)3/h4-10H,18H2,1-3H3. The normalized spacial score (nSPS) is 10.7. The van der Waals surface area contributed by atoms with Crippen LogP contribution in [0.25, 0.3) is 0 Å². The quantitative estimate of drug-likeness (QED) is 0.846. The zero-order valence-corrected chi connectivity index (χ0v) is 11.8. The first-order valence-electron chi connectivity index (χ1n) is 6.46. The summed E-state index contributed by atoms with van der Waals surface area (Å²) in [5.74, 6) is 0.712. The van der Waals surface area contributed by atoms with Gasteiger partial charge in [-0.2, -0.15) is 0 Å². The largest absolute Gasteiger partial charge is 0.488 e. The first-order valence-corrected chi connectivity index (χ1v) is 6.46. The Labute approximate surface area is 118 Å². The van der Waals surface area contributed by atoms with E-state index in [1.54, 1.807) is 0 Å². The molecular formula is C16H18FNO2. The first kappa shape index (κ1) is 14.2. The second-order valence-electron chi connectivity index (χ2n) is 4.85. The Balaban J connectivity index is 2.34. The molecule has 0 bridgehead atoms. The Kier molecular flexibility index (Phi) is 4.13. The topological polar surface area (TPSA) is 44.5 Å². The Bertz CT molecular complexity index is 611. The molecule has 0 aromatic heterocycles. The minimum Gasteiger partial charge on any atom is -0.488 e. The van der Waals surface area contributed by atoms with Crippen LogP contribution in [-0.4, -0.2) is 6.10 Å². The number of aryl methyl sites for hydroxylation is 1. The molecule has 0 aliphatic rings. The summed E-state index contributed by atoms with van der Waals surface area (Å²) in [7, 11) is 0. The van der Waals surface area contributed by atoms with Gasteiger partial charge in [0.05, 0.1) is 11.8 Å². The Morgan fingerprint density at radius 3 is 2.40 bits per heavy atom. The van der Waals surface area contributed by atoms with Gasteiger partial charge < -0.3 is 15.2 Å². The summed E-state index contributed by atoms with van der Waals surface area (Å²) in [6.07, 6.45) is -0.126. The molecule has 0 heterocycles. The summed E-state index contributed by atoms with van der Waals surface area (Å²) in [5.41, 5.74) is 7.01. The van der Waals surface area contributed by atoms with Crippen LogP contribution in [0.3, 0.4) is 0 Å². The van der Waals surface area contributed by atoms with Gasteiger partial charge in [-0.1, -0.05) is 18.2 Å². The van der Waals surface area contributed by atoms with Crippen molar-refractivity contribution in [3.8, 4) is 17.2 Å². The van der Waals surface area contributed by atoms with Crippen LogP contribution in [0.2, 0.25) is 0 Å². The highest BCUT2D eigenvalue weighted by molar-refractivity contribution is 5.58. The SMILES string of the molecule is Cc1ccccc1Oc1cc(OC(C)C)c(F)cc1N. The number of ether oxygens (including phenoxy) is 2. The minimum absolute atomic E-state index is 0.126. The lowest BCUT2D eigenvalue weighted by atomic mass is 10.2. The van der Waals surface area contributed by atoms with E-state index in [2.05, 4.69) is 0 Å². The van der Waals surface area contributed by atoms with Gasteiger partial charge in [-0.25, -0.2) is 4.39 Å². The van der Waals surface area contributed by atoms with E-state index < -0.39 is 5.82 Å². The molecule has 0 atom stereocenters. The second-order valence-corrected chi connectivity index (χ2v) is 4.85. The maximum atomic E-state index is 13.7. The lowest BCUT2D eigenvalue weighted by Gasteiger charge is -2.15. The maximum absolute atomic E-state index is 13.7. The van der Waals surface area contributed by atoms with Crippen molar-refractivity contribution in [3.05, 3.63) is 47.8 Å². The van der Waals surface area contributed by atoms with Crippen molar-refractivity contribution in [3.63, 3.8) is 0 Å². The lowest BCUT2D eigenvalue weighted by Crippen LogP contribution is -2.07. The maximum Gasteiger partial charge on any atom is 0.167 e. The van der Waals surface area contributed by atoms with Gasteiger partial charge in [-0.3, -0.25) is 0 Å². The predicted octanol–water partition coefficient (Wildman–Crippen LogP) is 4.30. The third-order valence-corrected chi connectivity index (χ3v) is 2.74. The fraction of sp³-hybridized carbons (Fsp3) is 0.250. The van der Waals surface area contributed by atoms with Gasteiger partial charge in [0.15, 0.2) is 17.3 Å². The highest BCUT2D eigenvalue weighted by Gasteiger charge is 2.12. The molecule has 2 N–H and O–H groups in total. The minimum atomic E-state index is -0.492. The summed E-state index contributed by atoms with van der Waals surface area (Å²) >= 11 is 0. The molecule has 0 amide bonds. The van der Waals surface area contributed by atoms with Crippen LogP contribution < -0.4 is 15.2 Å². The van der Waals surface area contributed by atoms with Gasteiger partial charge in [0, 0.05) is 12.1 Å². The van der Waals surface area contributed by atoms with Crippen molar-refractivity contribution < 1.29 is 13.9 Å². The van der Waals surface area contributed by atoms with Crippen LogP contribution >= 0.6 is 0 Å². The summed E-state index contributed by atoms with van der Waals surface area (Å²) < 4.78 is 24.9. The Morgan fingerprint density at radius 1 is 1.05 bits per heavy atom. The molecule has 4 heteroatoms. The van der Waals surface area contributed by atoms with Crippen molar-refractivity contribution in [2.24, 2.45) is 0 Å². The van der Waals surface area contributed by atoms with Crippen LogP contribution in [0.5, 0.6) is 17.2 Å². The van der Waals surface area contributed by atoms with Gasteiger partial charge in [-0.05, 0) is 32.4 Å². The Hall–Kier alpha value is -2.23. The van der Waals surface area contributed by atoms with Gasteiger partial charge in [-0.15, -0.1) is 0 Å². The van der Waals surface area contributed by atoms with E-state index in [1.807, 2.05) is 45.0 Å². The van der Waals surface area contributed by atoms with Crippen LogP contribution in [0.4, 0.5) is 10.1 Å². The zero-order valence-electron chi connectivity index (χ0n) is 11.8. The number of halogens is 1. The molecule has 0 saturated heterocycles. The van der Waals surface area contributed by atoms with Crippen LogP contribution in [0.1, 0.15) is 19.4 Å². The molecule has 3 nitrogen and oxygen atoms in total. The second kappa shape index (κ2) is 5.82. The molecule has 0 radical (unpaired) electrons. The molecule has 20 heavy (non-hydrogen) atoms. The van der Waals surface area contributed by atoms with E-state index in [4.69, 9.17) is 15.2 Å². The highest BCUT2D eigenvalue weighted by Crippen LogP contribution is 2.34. The molecule has 0 unspecified atom stereocenters. The van der Waals surface area contributed by atoms with Crippen molar-refractivity contribution in [1.29, 1.82) is 0 Å². The number of anilines is 1. The lowest BCUT2D eigenvalue weighted by molar-refractivity contribution is 0.230. The number of nitrogens with two attached hydrogens (primary N) is 1. The Morgan fingerprint density at radius 2 is 1.75 bits per heavy atom. The molecule has 0 spiro atoms. The molecule has 106 valence electrons. The number of benzene rings is 2. The van der Waals surface area contributed by atoms with E-state index in [0.717, 1.165) is 5.56 Å². The van der Waals surface area contributed by atoms with Gasteiger partial charge in [0.2, 0.25) is 0 Å². The molecule has 2 rings (SSSR count). The van der Waals surface area contributed by atoms with Gasteiger partial charge in [0.1, 0.15) is 5.75 Å². The number of hydrogen-bond acceptors (Lipinski definition) is 3. The predicted molar refractivity (Wildman–Crippen MR) is 77.8 cm³/mol. The van der Waals surface area contributed by atoms with Gasteiger partial charge >= 0.3 is 0 Å². The van der Waals surface area contributed by atoms with E-state index in [0.29, 0.717) is 11.5 Å². The number of nitrogen functional groups attached to an aromatic ring is 1.